The molecule has 0 unspecified atom stereocenters. The molecule has 0 spiro atoms. The maximum Gasteiger partial charge on any atom is 0.258 e. The molecule has 1 fully saturated rings. The van der Waals surface area contributed by atoms with Crippen LogP contribution < -0.4 is 10.5 Å². The minimum atomic E-state index is -3.72. The van der Waals surface area contributed by atoms with Crippen molar-refractivity contribution in [1.82, 2.24) is 14.5 Å². The number of hydrogen-bond donors (Lipinski definition) is 3. The van der Waals surface area contributed by atoms with Crippen LogP contribution in [0.15, 0.2) is 17.3 Å². The number of nitrogens with zero attached hydrogens (tertiary/aromatic N) is 2. The fraction of sp³-hybridized carbons (Fsp3) is 0.636. The van der Waals surface area contributed by atoms with Gasteiger partial charge < -0.3 is 5.73 Å². The minimum Gasteiger partial charge on any atom is -0.386 e. The summed E-state index contributed by atoms with van der Waals surface area (Å²) < 4.78 is 28.6. The Balaban J connectivity index is 2.32. The third-order valence-electron chi connectivity index (χ3n) is 3.60. The van der Waals surface area contributed by atoms with Gasteiger partial charge in [-0.2, -0.15) is 9.82 Å². The molecule has 0 saturated heterocycles. The summed E-state index contributed by atoms with van der Waals surface area (Å²) in [7, 11) is -2.16. The van der Waals surface area contributed by atoms with Gasteiger partial charge in [0.2, 0.25) is 0 Å². The van der Waals surface area contributed by atoms with E-state index in [1.165, 1.54) is 16.9 Å². The van der Waals surface area contributed by atoms with E-state index in [-0.39, 0.29) is 10.9 Å². The zero-order valence-electron chi connectivity index (χ0n) is 10.9. The van der Waals surface area contributed by atoms with Crippen LogP contribution in [-0.2, 0) is 17.1 Å². The van der Waals surface area contributed by atoms with E-state index in [2.05, 4.69) is 9.82 Å². The lowest BCUT2D eigenvalue weighted by atomic mass is 9.82. The molecule has 8 heteroatoms. The number of nitrogens with two attached hydrogens (primary N) is 1. The summed E-state index contributed by atoms with van der Waals surface area (Å²) in [6.07, 6.45) is 5.35. The molecule has 0 aliphatic heterocycles. The van der Waals surface area contributed by atoms with E-state index in [0.29, 0.717) is 12.8 Å². The highest BCUT2D eigenvalue weighted by Gasteiger charge is 2.40. The SMILES string of the molecule is Cn1nccc1S(=O)(=O)NC1(C(=N)N)CCCCC1. The summed E-state index contributed by atoms with van der Waals surface area (Å²) in [6, 6.07) is 1.43. The van der Waals surface area contributed by atoms with Gasteiger partial charge in [-0.15, -0.1) is 0 Å². The van der Waals surface area contributed by atoms with Crippen LogP contribution in [0.3, 0.4) is 0 Å². The highest BCUT2D eigenvalue weighted by atomic mass is 32.2. The monoisotopic (exact) mass is 285 g/mol. The molecule has 0 bridgehead atoms. The van der Waals surface area contributed by atoms with Crippen LogP contribution in [0.4, 0.5) is 0 Å². The lowest BCUT2D eigenvalue weighted by Crippen LogP contribution is -2.58. The standard InChI is InChI=1S/C11H19N5O2S/c1-16-9(5-8-14-16)19(17,18)15-11(10(12)13)6-3-2-4-7-11/h5,8,15H,2-4,6-7H2,1H3,(H3,12,13). The second-order valence-electron chi connectivity index (χ2n) is 4.95. The lowest BCUT2D eigenvalue weighted by Gasteiger charge is -2.36. The fourth-order valence-electron chi connectivity index (χ4n) is 2.52. The van der Waals surface area contributed by atoms with E-state index in [1.54, 1.807) is 7.05 Å². The molecule has 1 aliphatic carbocycles. The van der Waals surface area contributed by atoms with Gasteiger partial charge in [-0.3, -0.25) is 10.1 Å². The number of amidine groups is 1. The molecular formula is C11H19N5O2S. The van der Waals surface area contributed by atoms with Crippen LogP contribution in [0, 0.1) is 5.41 Å². The van der Waals surface area contributed by atoms with Crippen molar-refractivity contribution in [3.8, 4) is 0 Å². The van der Waals surface area contributed by atoms with Gasteiger partial charge in [-0.05, 0) is 18.9 Å². The summed E-state index contributed by atoms with van der Waals surface area (Å²) in [5.74, 6) is -0.113. The van der Waals surface area contributed by atoms with Gasteiger partial charge in [-0.25, -0.2) is 8.42 Å². The minimum absolute atomic E-state index is 0.0821. The van der Waals surface area contributed by atoms with Crippen LogP contribution in [-0.4, -0.2) is 29.6 Å². The first kappa shape index (κ1) is 14.0. The van der Waals surface area contributed by atoms with Crippen molar-refractivity contribution in [2.45, 2.75) is 42.7 Å². The lowest BCUT2D eigenvalue weighted by molar-refractivity contribution is 0.347. The van der Waals surface area contributed by atoms with Gasteiger partial charge in [0.25, 0.3) is 10.0 Å². The van der Waals surface area contributed by atoms with Crippen molar-refractivity contribution in [2.75, 3.05) is 0 Å². The van der Waals surface area contributed by atoms with Crippen molar-refractivity contribution in [3.63, 3.8) is 0 Å². The molecule has 0 radical (unpaired) electrons. The quantitative estimate of drug-likeness (QED) is 0.546. The second kappa shape index (κ2) is 4.93. The topological polar surface area (TPSA) is 114 Å². The zero-order chi connectivity index (χ0) is 14.1. The molecule has 19 heavy (non-hydrogen) atoms. The first-order valence-corrected chi connectivity index (χ1v) is 7.72. The second-order valence-corrected chi connectivity index (χ2v) is 6.58. The summed E-state index contributed by atoms with van der Waals surface area (Å²) in [4.78, 5) is 0. The molecule has 0 atom stereocenters. The molecule has 1 aromatic rings. The molecule has 106 valence electrons. The van der Waals surface area contributed by atoms with E-state index in [9.17, 15) is 8.42 Å². The summed E-state index contributed by atoms with van der Waals surface area (Å²) in [5.41, 5.74) is 4.69. The molecule has 1 saturated carbocycles. The smallest absolute Gasteiger partial charge is 0.258 e. The Morgan fingerprint density at radius 3 is 2.58 bits per heavy atom. The van der Waals surface area contributed by atoms with Gasteiger partial charge >= 0.3 is 0 Å². The van der Waals surface area contributed by atoms with E-state index in [1.807, 2.05) is 0 Å². The Bertz CT molecular complexity index is 572. The Morgan fingerprint density at radius 1 is 1.47 bits per heavy atom. The molecular weight excluding hydrogens is 266 g/mol. The number of aryl methyl sites for hydroxylation is 1. The Hall–Kier alpha value is -1.41. The number of sulfonamides is 1. The van der Waals surface area contributed by atoms with Gasteiger partial charge in [-0.1, -0.05) is 19.3 Å². The number of hydrogen-bond acceptors (Lipinski definition) is 4. The summed E-state index contributed by atoms with van der Waals surface area (Å²) >= 11 is 0. The maximum absolute atomic E-state index is 12.4. The molecule has 2 rings (SSSR count). The molecule has 1 heterocycles. The van der Waals surface area contributed by atoms with E-state index < -0.39 is 15.6 Å². The molecule has 0 aromatic carbocycles. The average molecular weight is 285 g/mol. The average Bonchev–Trinajstić information content (AvgIpc) is 2.77. The summed E-state index contributed by atoms with van der Waals surface area (Å²) in [5, 5.41) is 11.7. The number of rotatable bonds is 4. The Kier molecular flexibility index (Phi) is 3.64. The maximum atomic E-state index is 12.4. The van der Waals surface area contributed by atoms with Crippen molar-refractivity contribution in [3.05, 3.63) is 12.3 Å². The largest absolute Gasteiger partial charge is 0.386 e. The number of nitrogens with one attached hydrogen (secondary N) is 2. The third kappa shape index (κ3) is 2.64. The van der Waals surface area contributed by atoms with Crippen molar-refractivity contribution >= 4 is 15.9 Å². The van der Waals surface area contributed by atoms with Gasteiger partial charge in [0.15, 0.2) is 5.03 Å². The first-order chi connectivity index (χ1) is 8.87. The zero-order valence-corrected chi connectivity index (χ0v) is 11.7. The fourth-order valence-corrected chi connectivity index (χ4v) is 4.08. The predicted molar refractivity (Wildman–Crippen MR) is 71.3 cm³/mol. The Labute approximate surface area is 112 Å². The van der Waals surface area contributed by atoms with Gasteiger partial charge in [0, 0.05) is 7.05 Å². The van der Waals surface area contributed by atoms with Crippen LogP contribution in [0.2, 0.25) is 0 Å². The van der Waals surface area contributed by atoms with Crippen LogP contribution >= 0.6 is 0 Å². The van der Waals surface area contributed by atoms with Crippen molar-refractivity contribution < 1.29 is 8.42 Å². The van der Waals surface area contributed by atoms with Crippen LogP contribution in [0.5, 0.6) is 0 Å². The van der Waals surface area contributed by atoms with Crippen molar-refractivity contribution in [1.29, 1.82) is 5.41 Å². The van der Waals surface area contributed by atoms with Crippen molar-refractivity contribution in [2.24, 2.45) is 12.8 Å². The predicted octanol–water partition coefficient (Wildman–Crippen LogP) is 0.337. The van der Waals surface area contributed by atoms with E-state index >= 15 is 0 Å². The summed E-state index contributed by atoms with van der Waals surface area (Å²) in [6.45, 7) is 0. The molecule has 0 amide bonds. The molecule has 1 aromatic heterocycles. The van der Waals surface area contributed by atoms with Gasteiger partial charge in [0.1, 0.15) is 5.84 Å². The molecule has 1 aliphatic rings. The van der Waals surface area contributed by atoms with Gasteiger partial charge in [0.05, 0.1) is 11.7 Å². The third-order valence-corrected chi connectivity index (χ3v) is 5.21. The van der Waals surface area contributed by atoms with E-state index in [0.717, 1.165) is 19.3 Å². The number of aromatic nitrogens is 2. The normalized spacial score (nSPS) is 19.2. The highest BCUT2D eigenvalue weighted by Crippen LogP contribution is 2.29. The Morgan fingerprint density at radius 2 is 2.11 bits per heavy atom. The highest BCUT2D eigenvalue weighted by molar-refractivity contribution is 7.89. The molecule has 7 nitrogen and oxygen atoms in total. The van der Waals surface area contributed by atoms with E-state index in [4.69, 9.17) is 11.1 Å². The molecule has 4 N–H and O–H groups in total. The van der Waals surface area contributed by atoms with Crippen LogP contribution in [0.1, 0.15) is 32.1 Å². The van der Waals surface area contributed by atoms with Crippen LogP contribution in [0.25, 0.3) is 0 Å². The first-order valence-electron chi connectivity index (χ1n) is 6.24.